The monoisotopic (exact) mass is 199 g/mol. The van der Waals surface area contributed by atoms with Crippen molar-refractivity contribution in [2.24, 2.45) is 17.6 Å². The maximum atomic E-state index is 6.28. The van der Waals surface area contributed by atoms with E-state index in [2.05, 4.69) is 43.4 Å². The number of nitrogens with two attached hydrogens (primary N) is 1. The zero-order valence-corrected chi connectivity index (χ0v) is 9.01. The van der Waals surface area contributed by atoms with E-state index in [-0.39, 0.29) is 6.04 Å². The Morgan fingerprint density at radius 3 is 2.40 bits per heavy atom. The summed E-state index contributed by atoms with van der Waals surface area (Å²) in [6.07, 6.45) is 8.61. The van der Waals surface area contributed by atoms with E-state index in [1.54, 1.807) is 0 Å². The van der Waals surface area contributed by atoms with Crippen molar-refractivity contribution in [3.63, 3.8) is 0 Å². The van der Waals surface area contributed by atoms with Gasteiger partial charge in [0.05, 0.1) is 0 Å². The van der Waals surface area contributed by atoms with Crippen LogP contribution in [0, 0.1) is 11.8 Å². The van der Waals surface area contributed by atoms with Crippen LogP contribution in [0.3, 0.4) is 0 Å². The minimum absolute atomic E-state index is 0.0994. The molecule has 1 aromatic carbocycles. The SMILES string of the molecule is CC1C=CC=CC1C(N)c1ccccc1. The average Bonchev–Trinajstić information content (AvgIpc) is 2.30. The van der Waals surface area contributed by atoms with Crippen LogP contribution in [0.25, 0.3) is 0 Å². The van der Waals surface area contributed by atoms with E-state index < -0.39 is 0 Å². The van der Waals surface area contributed by atoms with Gasteiger partial charge in [0.1, 0.15) is 0 Å². The quantitative estimate of drug-likeness (QED) is 0.778. The molecule has 0 saturated carbocycles. The van der Waals surface area contributed by atoms with Crippen LogP contribution in [0.15, 0.2) is 54.6 Å². The fourth-order valence-electron chi connectivity index (χ4n) is 2.08. The first kappa shape index (κ1) is 10.2. The van der Waals surface area contributed by atoms with Gasteiger partial charge in [0, 0.05) is 12.0 Å². The average molecular weight is 199 g/mol. The van der Waals surface area contributed by atoms with Crippen molar-refractivity contribution >= 4 is 0 Å². The highest BCUT2D eigenvalue weighted by atomic mass is 14.7. The van der Waals surface area contributed by atoms with Gasteiger partial charge in [-0.05, 0) is 11.5 Å². The van der Waals surface area contributed by atoms with Gasteiger partial charge < -0.3 is 5.73 Å². The molecule has 3 unspecified atom stereocenters. The number of allylic oxidation sites excluding steroid dienone is 3. The van der Waals surface area contributed by atoms with Crippen molar-refractivity contribution < 1.29 is 0 Å². The predicted octanol–water partition coefficient (Wildman–Crippen LogP) is 3.06. The van der Waals surface area contributed by atoms with E-state index in [1.807, 2.05) is 18.2 Å². The Balaban J connectivity index is 2.18. The molecule has 2 N–H and O–H groups in total. The second-order valence-corrected chi connectivity index (χ2v) is 4.14. The Morgan fingerprint density at radius 2 is 1.73 bits per heavy atom. The van der Waals surface area contributed by atoms with Gasteiger partial charge >= 0.3 is 0 Å². The molecular formula is C14H17N. The third-order valence-electron chi connectivity index (χ3n) is 3.07. The predicted molar refractivity (Wildman–Crippen MR) is 64.3 cm³/mol. The summed E-state index contributed by atoms with van der Waals surface area (Å²) in [7, 11) is 0. The Hall–Kier alpha value is -1.34. The lowest BCUT2D eigenvalue weighted by Crippen LogP contribution is -2.25. The van der Waals surface area contributed by atoms with Crippen molar-refractivity contribution in [1.82, 2.24) is 0 Å². The molecule has 3 atom stereocenters. The topological polar surface area (TPSA) is 26.0 Å². The summed E-state index contributed by atoms with van der Waals surface area (Å²) in [6.45, 7) is 2.22. The van der Waals surface area contributed by atoms with E-state index in [1.165, 1.54) is 5.56 Å². The minimum atomic E-state index is 0.0994. The molecule has 0 bridgehead atoms. The fraction of sp³-hybridized carbons (Fsp3) is 0.286. The van der Waals surface area contributed by atoms with E-state index >= 15 is 0 Å². The van der Waals surface area contributed by atoms with Gasteiger partial charge in [0.25, 0.3) is 0 Å². The molecule has 0 saturated heterocycles. The molecule has 2 rings (SSSR count). The molecular weight excluding hydrogens is 182 g/mol. The molecule has 0 aliphatic heterocycles. The van der Waals surface area contributed by atoms with Gasteiger partial charge in [-0.15, -0.1) is 0 Å². The molecule has 0 fully saturated rings. The molecule has 0 amide bonds. The molecule has 1 aromatic rings. The molecule has 0 aromatic heterocycles. The normalized spacial score (nSPS) is 26.5. The van der Waals surface area contributed by atoms with Crippen molar-refractivity contribution in [2.75, 3.05) is 0 Å². The van der Waals surface area contributed by atoms with Crippen molar-refractivity contribution in [1.29, 1.82) is 0 Å². The molecule has 1 nitrogen and oxygen atoms in total. The Bertz CT molecular complexity index is 364. The first-order chi connectivity index (χ1) is 7.29. The van der Waals surface area contributed by atoms with Crippen LogP contribution in [0.1, 0.15) is 18.5 Å². The van der Waals surface area contributed by atoms with Crippen molar-refractivity contribution in [3.05, 3.63) is 60.2 Å². The highest BCUT2D eigenvalue weighted by Crippen LogP contribution is 2.30. The second kappa shape index (κ2) is 4.45. The summed E-state index contributed by atoms with van der Waals surface area (Å²) >= 11 is 0. The number of benzene rings is 1. The number of hydrogen-bond donors (Lipinski definition) is 1. The summed E-state index contributed by atoms with van der Waals surface area (Å²) in [4.78, 5) is 0. The standard InChI is InChI=1S/C14H17N/c1-11-7-5-6-10-13(11)14(15)12-8-3-2-4-9-12/h2-11,13-14H,15H2,1H3. The zero-order valence-electron chi connectivity index (χ0n) is 9.01. The van der Waals surface area contributed by atoms with Gasteiger partial charge in [-0.2, -0.15) is 0 Å². The van der Waals surface area contributed by atoms with Gasteiger partial charge in [-0.25, -0.2) is 0 Å². The third-order valence-corrected chi connectivity index (χ3v) is 3.07. The fourth-order valence-corrected chi connectivity index (χ4v) is 2.08. The lowest BCUT2D eigenvalue weighted by Gasteiger charge is -2.27. The summed E-state index contributed by atoms with van der Waals surface area (Å²) < 4.78 is 0. The van der Waals surface area contributed by atoms with E-state index in [4.69, 9.17) is 5.73 Å². The summed E-state index contributed by atoms with van der Waals surface area (Å²) in [6, 6.07) is 10.4. The highest BCUT2D eigenvalue weighted by molar-refractivity contribution is 5.24. The van der Waals surface area contributed by atoms with E-state index in [0.29, 0.717) is 11.8 Å². The summed E-state index contributed by atoms with van der Waals surface area (Å²) in [5, 5.41) is 0. The highest BCUT2D eigenvalue weighted by Gasteiger charge is 2.22. The van der Waals surface area contributed by atoms with E-state index in [9.17, 15) is 0 Å². The van der Waals surface area contributed by atoms with Gasteiger partial charge in [-0.3, -0.25) is 0 Å². The van der Waals surface area contributed by atoms with Crippen LogP contribution < -0.4 is 5.73 Å². The first-order valence-corrected chi connectivity index (χ1v) is 5.44. The van der Waals surface area contributed by atoms with Crippen LogP contribution in [-0.2, 0) is 0 Å². The van der Waals surface area contributed by atoms with Crippen LogP contribution in [0.2, 0.25) is 0 Å². The Morgan fingerprint density at radius 1 is 1.07 bits per heavy atom. The molecule has 1 aliphatic carbocycles. The maximum Gasteiger partial charge on any atom is 0.0364 e. The summed E-state index contributed by atoms with van der Waals surface area (Å²) in [5.74, 6) is 0.933. The Kier molecular flexibility index (Phi) is 3.02. The smallest absolute Gasteiger partial charge is 0.0364 e. The molecule has 0 radical (unpaired) electrons. The third kappa shape index (κ3) is 2.18. The second-order valence-electron chi connectivity index (χ2n) is 4.14. The van der Waals surface area contributed by atoms with Crippen molar-refractivity contribution in [3.8, 4) is 0 Å². The van der Waals surface area contributed by atoms with Crippen molar-refractivity contribution in [2.45, 2.75) is 13.0 Å². The van der Waals surface area contributed by atoms with Crippen LogP contribution in [0.5, 0.6) is 0 Å². The number of rotatable bonds is 2. The minimum Gasteiger partial charge on any atom is -0.323 e. The lowest BCUT2D eigenvalue weighted by molar-refractivity contribution is 0.423. The Labute approximate surface area is 91.3 Å². The molecule has 1 aliphatic rings. The molecule has 78 valence electrons. The molecule has 15 heavy (non-hydrogen) atoms. The largest absolute Gasteiger partial charge is 0.323 e. The van der Waals surface area contributed by atoms with E-state index in [0.717, 1.165) is 0 Å². The number of hydrogen-bond acceptors (Lipinski definition) is 1. The van der Waals surface area contributed by atoms with Gasteiger partial charge in [0.2, 0.25) is 0 Å². The maximum absolute atomic E-state index is 6.28. The first-order valence-electron chi connectivity index (χ1n) is 5.44. The molecule has 0 spiro atoms. The van der Waals surface area contributed by atoms with Gasteiger partial charge in [0.15, 0.2) is 0 Å². The van der Waals surface area contributed by atoms with Gasteiger partial charge in [-0.1, -0.05) is 61.6 Å². The van der Waals surface area contributed by atoms with Crippen LogP contribution >= 0.6 is 0 Å². The summed E-state index contributed by atoms with van der Waals surface area (Å²) in [5.41, 5.74) is 7.49. The molecule has 1 heteroatoms. The van der Waals surface area contributed by atoms with Crippen LogP contribution in [-0.4, -0.2) is 0 Å². The molecule has 0 heterocycles. The van der Waals surface area contributed by atoms with Crippen LogP contribution in [0.4, 0.5) is 0 Å². The lowest BCUT2D eigenvalue weighted by atomic mass is 9.82. The zero-order chi connectivity index (χ0) is 10.7.